The third-order valence-electron chi connectivity index (χ3n) is 5.26. The number of benzene rings is 3. The van der Waals surface area contributed by atoms with E-state index >= 15 is 0 Å². The first-order chi connectivity index (χ1) is 15.3. The first-order valence-corrected chi connectivity index (χ1v) is 11.0. The molecule has 0 unspecified atom stereocenters. The molecule has 0 spiro atoms. The molecule has 0 amide bonds. The zero-order valence-corrected chi connectivity index (χ0v) is 18.6. The van der Waals surface area contributed by atoms with Crippen LogP contribution < -0.4 is 5.32 Å². The van der Waals surface area contributed by atoms with Crippen molar-refractivity contribution < 1.29 is 14.3 Å². The van der Waals surface area contributed by atoms with E-state index in [1.807, 2.05) is 54.6 Å². The summed E-state index contributed by atoms with van der Waals surface area (Å²) in [6.45, 7) is 3.64. The molecule has 162 valence electrons. The number of rotatable bonds is 7. The molecule has 4 rings (SSSR count). The molecular formula is C26H23FN2O2S. The second-order valence-electron chi connectivity index (χ2n) is 8.19. The predicted molar refractivity (Wildman–Crippen MR) is 128 cm³/mol. The summed E-state index contributed by atoms with van der Waals surface area (Å²) in [5, 5.41) is 13.3. The van der Waals surface area contributed by atoms with E-state index in [0.717, 1.165) is 32.8 Å². The highest BCUT2D eigenvalue weighted by atomic mass is 32.1. The van der Waals surface area contributed by atoms with Gasteiger partial charge in [-0.3, -0.25) is 4.79 Å². The molecule has 1 heterocycles. The number of aromatic nitrogens is 1. The topological polar surface area (TPSA) is 62.2 Å². The minimum absolute atomic E-state index is 0.258. The molecule has 0 atom stereocenters. The SMILES string of the molecule is CC(C)(CNc1nc(-c2ccc(-c3ccc(F)cc3)cc2)c(-c2ccccc2)s1)C(=O)O. The van der Waals surface area contributed by atoms with E-state index < -0.39 is 11.4 Å². The van der Waals surface area contributed by atoms with E-state index in [9.17, 15) is 14.3 Å². The molecule has 0 aliphatic carbocycles. The molecule has 0 radical (unpaired) electrons. The molecule has 1 aromatic heterocycles. The van der Waals surface area contributed by atoms with E-state index in [1.54, 1.807) is 26.0 Å². The summed E-state index contributed by atoms with van der Waals surface area (Å²) in [7, 11) is 0. The summed E-state index contributed by atoms with van der Waals surface area (Å²) in [5.41, 5.74) is 3.87. The highest BCUT2D eigenvalue weighted by Gasteiger charge is 2.27. The van der Waals surface area contributed by atoms with Crippen LogP contribution in [0.15, 0.2) is 78.9 Å². The molecule has 0 aliphatic rings. The Kier molecular flexibility index (Phi) is 6.06. The van der Waals surface area contributed by atoms with Crippen molar-refractivity contribution >= 4 is 22.4 Å². The van der Waals surface area contributed by atoms with Crippen LogP contribution in [-0.2, 0) is 4.79 Å². The summed E-state index contributed by atoms with van der Waals surface area (Å²) in [6, 6.07) is 24.4. The van der Waals surface area contributed by atoms with Crippen molar-refractivity contribution in [2.45, 2.75) is 13.8 Å². The monoisotopic (exact) mass is 446 g/mol. The molecule has 4 nitrogen and oxygen atoms in total. The molecule has 2 N–H and O–H groups in total. The van der Waals surface area contributed by atoms with E-state index in [1.165, 1.54) is 23.5 Å². The Bertz CT molecular complexity index is 1220. The number of carbonyl (C=O) groups is 1. The van der Waals surface area contributed by atoms with Gasteiger partial charge in [0, 0.05) is 12.1 Å². The van der Waals surface area contributed by atoms with Gasteiger partial charge in [-0.15, -0.1) is 0 Å². The van der Waals surface area contributed by atoms with E-state index in [4.69, 9.17) is 4.98 Å². The number of anilines is 1. The maximum absolute atomic E-state index is 13.2. The van der Waals surface area contributed by atoms with Crippen LogP contribution in [0, 0.1) is 11.2 Å². The van der Waals surface area contributed by atoms with Crippen LogP contribution in [0.2, 0.25) is 0 Å². The van der Waals surface area contributed by atoms with Gasteiger partial charge < -0.3 is 10.4 Å². The van der Waals surface area contributed by atoms with Gasteiger partial charge in [0.2, 0.25) is 0 Å². The molecule has 0 bridgehead atoms. The van der Waals surface area contributed by atoms with Crippen molar-refractivity contribution in [1.29, 1.82) is 0 Å². The first-order valence-electron chi connectivity index (χ1n) is 10.2. The second-order valence-corrected chi connectivity index (χ2v) is 9.19. The average molecular weight is 447 g/mol. The fraction of sp³-hybridized carbons (Fsp3) is 0.154. The summed E-state index contributed by atoms with van der Waals surface area (Å²) < 4.78 is 13.2. The van der Waals surface area contributed by atoms with Crippen molar-refractivity contribution in [2.75, 3.05) is 11.9 Å². The second kappa shape index (κ2) is 8.93. The van der Waals surface area contributed by atoms with Gasteiger partial charge in [0.1, 0.15) is 5.82 Å². The Morgan fingerprint density at radius 3 is 2.06 bits per heavy atom. The average Bonchev–Trinajstić information content (AvgIpc) is 3.23. The Morgan fingerprint density at radius 2 is 1.47 bits per heavy atom. The number of aliphatic carboxylic acids is 1. The van der Waals surface area contributed by atoms with Crippen LogP contribution in [0.5, 0.6) is 0 Å². The van der Waals surface area contributed by atoms with E-state index in [-0.39, 0.29) is 12.4 Å². The summed E-state index contributed by atoms with van der Waals surface area (Å²) >= 11 is 1.51. The molecule has 0 fully saturated rings. The molecule has 6 heteroatoms. The Morgan fingerprint density at radius 1 is 0.906 bits per heavy atom. The zero-order chi connectivity index (χ0) is 22.7. The van der Waals surface area contributed by atoms with Crippen LogP contribution in [0.3, 0.4) is 0 Å². The molecule has 0 aliphatic heterocycles. The molecule has 3 aromatic carbocycles. The summed E-state index contributed by atoms with van der Waals surface area (Å²) in [6.07, 6.45) is 0. The standard InChI is InChI=1S/C26H23FN2O2S/c1-26(2,24(30)31)16-28-25-29-22(23(32-25)20-6-4-3-5-7-20)19-10-8-17(9-11-19)18-12-14-21(27)15-13-18/h3-15H,16H2,1-2H3,(H,28,29)(H,30,31). The summed E-state index contributed by atoms with van der Waals surface area (Å²) in [4.78, 5) is 17.3. The Labute approximate surface area is 190 Å². The Hall–Kier alpha value is -3.51. The molecule has 0 saturated heterocycles. The number of thiazole rings is 1. The smallest absolute Gasteiger partial charge is 0.310 e. The van der Waals surface area contributed by atoms with E-state index in [2.05, 4.69) is 5.32 Å². The van der Waals surface area contributed by atoms with Gasteiger partial charge >= 0.3 is 5.97 Å². The number of hydrogen-bond acceptors (Lipinski definition) is 4. The maximum atomic E-state index is 13.2. The van der Waals surface area contributed by atoms with Gasteiger partial charge in [-0.2, -0.15) is 0 Å². The van der Waals surface area contributed by atoms with Crippen molar-refractivity contribution in [3.05, 3.63) is 84.7 Å². The summed E-state index contributed by atoms with van der Waals surface area (Å²) in [5.74, 6) is -1.12. The minimum Gasteiger partial charge on any atom is -0.481 e. The van der Waals surface area contributed by atoms with Gasteiger partial charge in [0.25, 0.3) is 0 Å². The molecule has 0 saturated carbocycles. The van der Waals surface area contributed by atoms with Crippen LogP contribution >= 0.6 is 11.3 Å². The number of nitrogens with one attached hydrogen (secondary N) is 1. The first kappa shape index (κ1) is 21.7. The number of halogens is 1. The zero-order valence-electron chi connectivity index (χ0n) is 17.8. The van der Waals surface area contributed by atoms with Crippen LogP contribution in [0.25, 0.3) is 32.8 Å². The maximum Gasteiger partial charge on any atom is 0.310 e. The van der Waals surface area contributed by atoms with Crippen LogP contribution in [-0.4, -0.2) is 22.6 Å². The molecular weight excluding hydrogens is 423 g/mol. The van der Waals surface area contributed by atoms with Gasteiger partial charge in [-0.25, -0.2) is 9.37 Å². The number of carboxylic acids is 1. The van der Waals surface area contributed by atoms with Crippen molar-refractivity contribution in [3.63, 3.8) is 0 Å². The lowest BCUT2D eigenvalue weighted by Gasteiger charge is -2.18. The lowest BCUT2D eigenvalue weighted by atomic mass is 9.94. The van der Waals surface area contributed by atoms with Gasteiger partial charge in [0.15, 0.2) is 5.13 Å². The van der Waals surface area contributed by atoms with Crippen LogP contribution in [0.1, 0.15) is 13.8 Å². The van der Waals surface area contributed by atoms with Crippen molar-refractivity contribution in [1.82, 2.24) is 4.98 Å². The van der Waals surface area contributed by atoms with Gasteiger partial charge in [-0.05, 0) is 42.7 Å². The van der Waals surface area contributed by atoms with Crippen molar-refractivity contribution in [3.8, 4) is 32.8 Å². The third kappa shape index (κ3) is 4.70. The number of hydrogen-bond donors (Lipinski definition) is 2. The minimum atomic E-state index is -0.907. The van der Waals surface area contributed by atoms with Gasteiger partial charge in [-0.1, -0.05) is 78.1 Å². The largest absolute Gasteiger partial charge is 0.481 e. The number of carboxylic acid groups (broad SMARTS) is 1. The lowest BCUT2D eigenvalue weighted by molar-refractivity contribution is -0.146. The number of nitrogens with zero attached hydrogens (tertiary/aromatic N) is 1. The fourth-order valence-corrected chi connectivity index (χ4v) is 4.20. The quantitative estimate of drug-likeness (QED) is 0.327. The fourth-order valence-electron chi connectivity index (χ4n) is 3.21. The van der Waals surface area contributed by atoms with Crippen LogP contribution in [0.4, 0.5) is 9.52 Å². The Balaban J connectivity index is 1.68. The third-order valence-corrected chi connectivity index (χ3v) is 6.32. The normalized spacial score (nSPS) is 11.3. The predicted octanol–water partition coefficient (Wildman–Crippen LogP) is 6.81. The van der Waals surface area contributed by atoms with E-state index in [0.29, 0.717) is 5.13 Å². The molecule has 4 aromatic rings. The highest BCUT2D eigenvalue weighted by Crippen LogP contribution is 2.39. The molecule has 32 heavy (non-hydrogen) atoms. The lowest BCUT2D eigenvalue weighted by Crippen LogP contribution is -2.31. The van der Waals surface area contributed by atoms with Crippen molar-refractivity contribution in [2.24, 2.45) is 5.41 Å². The van der Waals surface area contributed by atoms with Gasteiger partial charge in [0.05, 0.1) is 16.0 Å². The highest BCUT2D eigenvalue weighted by molar-refractivity contribution is 7.19.